The van der Waals surface area contributed by atoms with Gasteiger partial charge in [0.15, 0.2) is 0 Å². The molecule has 126 valence electrons. The SMILES string of the molecule is O=C(CC1(O)CCCCC1)N1CCOC[C@@H]1[C@H]1CCC[C@H]1O. The van der Waals surface area contributed by atoms with Crippen LogP contribution in [-0.4, -0.2) is 58.5 Å². The van der Waals surface area contributed by atoms with Crippen molar-refractivity contribution in [2.24, 2.45) is 5.92 Å². The smallest absolute Gasteiger partial charge is 0.225 e. The van der Waals surface area contributed by atoms with E-state index in [9.17, 15) is 15.0 Å². The molecule has 1 aliphatic heterocycles. The zero-order chi connectivity index (χ0) is 15.6. The predicted molar refractivity (Wildman–Crippen MR) is 82.3 cm³/mol. The van der Waals surface area contributed by atoms with Crippen LogP contribution in [0.2, 0.25) is 0 Å². The summed E-state index contributed by atoms with van der Waals surface area (Å²) in [5.74, 6) is 0.169. The van der Waals surface area contributed by atoms with E-state index < -0.39 is 5.60 Å². The van der Waals surface area contributed by atoms with Gasteiger partial charge < -0.3 is 19.8 Å². The van der Waals surface area contributed by atoms with E-state index >= 15 is 0 Å². The van der Waals surface area contributed by atoms with Gasteiger partial charge in [-0.1, -0.05) is 25.7 Å². The second kappa shape index (κ2) is 6.85. The third-order valence-electron chi connectivity index (χ3n) is 5.78. The average Bonchev–Trinajstić information content (AvgIpc) is 2.93. The maximum absolute atomic E-state index is 12.8. The van der Waals surface area contributed by atoms with E-state index in [1.54, 1.807) is 0 Å². The first-order valence-electron chi connectivity index (χ1n) is 8.87. The maximum atomic E-state index is 12.8. The molecule has 2 N–H and O–H groups in total. The van der Waals surface area contributed by atoms with Crippen molar-refractivity contribution in [3.8, 4) is 0 Å². The van der Waals surface area contributed by atoms with Crippen LogP contribution in [0.1, 0.15) is 57.8 Å². The molecule has 0 spiro atoms. The summed E-state index contributed by atoms with van der Waals surface area (Å²) in [7, 11) is 0. The second-order valence-electron chi connectivity index (χ2n) is 7.35. The minimum Gasteiger partial charge on any atom is -0.393 e. The number of hydrogen-bond donors (Lipinski definition) is 2. The molecule has 1 heterocycles. The normalized spacial score (nSPS) is 35.5. The fraction of sp³-hybridized carbons (Fsp3) is 0.941. The molecule has 0 bridgehead atoms. The Labute approximate surface area is 132 Å². The van der Waals surface area contributed by atoms with Gasteiger partial charge in [-0.3, -0.25) is 4.79 Å². The van der Waals surface area contributed by atoms with Gasteiger partial charge in [0, 0.05) is 12.5 Å². The first kappa shape index (κ1) is 16.2. The number of aliphatic hydroxyl groups is 2. The minimum atomic E-state index is -0.813. The standard InChI is InChI=1S/C17H29NO4/c19-15-6-4-5-13(15)14-12-22-10-9-18(14)16(20)11-17(21)7-2-1-3-8-17/h13-15,19,21H,1-12H2/t13-,14-,15-/m1/s1. The zero-order valence-corrected chi connectivity index (χ0v) is 13.4. The predicted octanol–water partition coefficient (Wildman–Crippen LogP) is 1.46. The fourth-order valence-electron chi connectivity index (χ4n) is 4.47. The number of nitrogens with zero attached hydrogens (tertiary/aromatic N) is 1. The first-order chi connectivity index (χ1) is 10.6. The van der Waals surface area contributed by atoms with Crippen LogP contribution in [-0.2, 0) is 9.53 Å². The van der Waals surface area contributed by atoms with Crippen molar-refractivity contribution < 1.29 is 19.7 Å². The van der Waals surface area contributed by atoms with Crippen LogP contribution in [0.3, 0.4) is 0 Å². The minimum absolute atomic E-state index is 0.0223. The number of amides is 1. The van der Waals surface area contributed by atoms with Gasteiger partial charge in [0.1, 0.15) is 0 Å². The monoisotopic (exact) mass is 311 g/mol. The molecule has 0 aromatic heterocycles. The van der Waals surface area contributed by atoms with E-state index in [0.717, 1.165) is 51.4 Å². The van der Waals surface area contributed by atoms with E-state index in [2.05, 4.69) is 0 Å². The van der Waals surface area contributed by atoms with Gasteiger partial charge in [-0.2, -0.15) is 0 Å². The lowest BCUT2D eigenvalue weighted by Crippen LogP contribution is -2.55. The van der Waals surface area contributed by atoms with Crippen LogP contribution in [0.25, 0.3) is 0 Å². The Hall–Kier alpha value is -0.650. The van der Waals surface area contributed by atoms with Gasteiger partial charge in [-0.05, 0) is 25.7 Å². The highest BCUT2D eigenvalue weighted by Crippen LogP contribution is 2.35. The van der Waals surface area contributed by atoms with Crippen molar-refractivity contribution in [1.82, 2.24) is 4.90 Å². The average molecular weight is 311 g/mol. The molecule has 0 radical (unpaired) electrons. The van der Waals surface area contributed by atoms with E-state index in [1.807, 2.05) is 4.90 Å². The Kier molecular flexibility index (Phi) is 5.05. The van der Waals surface area contributed by atoms with Crippen molar-refractivity contribution in [1.29, 1.82) is 0 Å². The third kappa shape index (κ3) is 3.47. The molecular formula is C17H29NO4. The molecule has 5 nitrogen and oxygen atoms in total. The van der Waals surface area contributed by atoms with Crippen molar-refractivity contribution in [3.63, 3.8) is 0 Å². The van der Waals surface area contributed by atoms with Crippen molar-refractivity contribution in [2.75, 3.05) is 19.8 Å². The highest BCUT2D eigenvalue weighted by Gasteiger charge is 2.41. The van der Waals surface area contributed by atoms with Crippen molar-refractivity contribution in [2.45, 2.75) is 75.5 Å². The van der Waals surface area contributed by atoms with E-state index in [0.29, 0.717) is 19.8 Å². The van der Waals surface area contributed by atoms with E-state index in [4.69, 9.17) is 4.74 Å². The summed E-state index contributed by atoms with van der Waals surface area (Å²) in [5, 5.41) is 20.8. The van der Waals surface area contributed by atoms with Gasteiger partial charge in [-0.25, -0.2) is 0 Å². The maximum Gasteiger partial charge on any atom is 0.225 e. The van der Waals surface area contributed by atoms with Crippen LogP contribution in [0.15, 0.2) is 0 Å². The van der Waals surface area contributed by atoms with E-state index in [1.165, 1.54) is 0 Å². The topological polar surface area (TPSA) is 70.0 Å². The Balaban J connectivity index is 1.66. The molecule has 1 amide bonds. The second-order valence-corrected chi connectivity index (χ2v) is 7.35. The van der Waals surface area contributed by atoms with Crippen LogP contribution in [0, 0.1) is 5.92 Å². The summed E-state index contributed by atoms with van der Waals surface area (Å²) < 4.78 is 5.57. The molecule has 2 saturated carbocycles. The molecule has 0 unspecified atom stereocenters. The lowest BCUT2D eigenvalue weighted by atomic mass is 9.82. The summed E-state index contributed by atoms with van der Waals surface area (Å²) in [5.41, 5.74) is -0.813. The molecule has 2 aliphatic carbocycles. The summed E-state index contributed by atoms with van der Waals surface area (Å²) in [6.07, 6.45) is 7.37. The van der Waals surface area contributed by atoms with Crippen molar-refractivity contribution in [3.05, 3.63) is 0 Å². The van der Waals surface area contributed by atoms with Gasteiger partial charge in [0.05, 0.1) is 37.4 Å². The van der Waals surface area contributed by atoms with Gasteiger partial charge >= 0.3 is 0 Å². The number of ether oxygens (including phenoxy) is 1. The Morgan fingerprint density at radius 2 is 1.95 bits per heavy atom. The van der Waals surface area contributed by atoms with Gasteiger partial charge in [0.25, 0.3) is 0 Å². The van der Waals surface area contributed by atoms with Gasteiger partial charge in [0.2, 0.25) is 5.91 Å². The largest absolute Gasteiger partial charge is 0.393 e. The van der Waals surface area contributed by atoms with Crippen LogP contribution < -0.4 is 0 Å². The van der Waals surface area contributed by atoms with Crippen LogP contribution in [0.5, 0.6) is 0 Å². The summed E-state index contributed by atoms with van der Waals surface area (Å²) in [6, 6.07) is -0.0223. The molecule has 0 aromatic rings. The Morgan fingerprint density at radius 3 is 2.64 bits per heavy atom. The summed E-state index contributed by atoms with van der Waals surface area (Å²) in [6.45, 7) is 1.66. The number of aliphatic hydroxyl groups excluding tert-OH is 1. The summed E-state index contributed by atoms with van der Waals surface area (Å²) in [4.78, 5) is 14.7. The molecule has 3 rings (SSSR count). The van der Waals surface area contributed by atoms with Crippen LogP contribution >= 0.6 is 0 Å². The fourth-order valence-corrected chi connectivity index (χ4v) is 4.47. The van der Waals surface area contributed by atoms with Gasteiger partial charge in [-0.15, -0.1) is 0 Å². The molecule has 3 aliphatic rings. The molecule has 22 heavy (non-hydrogen) atoms. The lowest BCUT2D eigenvalue weighted by Gasteiger charge is -2.42. The molecule has 1 saturated heterocycles. The molecule has 0 aromatic carbocycles. The highest BCUT2D eigenvalue weighted by atomic mass is 16.5. The van der Waals surface area contributed by atoms with E-state index in [-0.39, 0.29) is 30.4 Å². The van der Waals surface area contributed by atoms with Crippen molar-refractivity contribution >= 4 is 5.91 Å². The molecule has 3 fully saturated rings. The molecule has 5 heteroatoms. The molecule has 3 atom stereocenters. The number of carbonyl (C=O) groups excluding carboxylic acids is 1. The van der Waals surface area contributed by atoms with Crippen LogP contribution in [0.4, 0.5) is 0 Å². The lowest BCUT2D eigenvalue weighted by molar-refractivity contribution is -0.150. The number of carbonyl (C=O) groups is 1. The third-order valence-corrected chi connectivity index (χ3v) is 5.78. The Bertz CT molecular complexity index is 394. The Morgan fingerprint density at radius 1 is 1.18 bits per heavy atom. The quantitative estimate of drug-likeness (QED) is 0.828. The number of rotatable bonds is 3. The number of hydrogen-bond acceptors (Lipinski definition) is 4. The summed E-state index contributed by atoms with van der Waals surface area (Å²) >= 11 is 0. The molecular weight excluding hydrogens is 282 g/mol. The zero-order valence-electron chi connectivity index (χ0n) is 13.4. The number of morpholine rings is 1. The first-order valence-corrected chi connectivity index (χ1v) is 8.87. The highest BCUT2D eigenvalue weighted by molar-refractivity contribution is 5.77.